The first-order chi connectivity index (χ1) is 8.18. The molecule has 0 aromatic carbocycles. The summed E-state index contributed by atoms with van der Waals surface area (Å²) in [5.74, 6) is -0.258. The van der Waals surface area contributed by atoms with E-state index >= 15 is 0 Å². The van der Waals surface area contributed by atoms with Crippen LogP contribution in [0.3, 0.4) is 0 Å². The highest BCUT2D eigenvalue weighted by atomic mass is 16.4. The molecule has 0 saturated heterocycles. The summed E-state index contributed by atoms with van der Waals surface area (Å²) in [5, 5.41) is 31.0. The van der Waals surface area contributed by atoms with E-state index in [9.17, 15) is 14.7 Å². The van der Waals surface area contributed by atoms with Crippen LogP contribution in [0.4, 0.5) is 9.59 Å². The fraction of sp³-hybridized carbons (Fsp3) is 0.818. The van der Waals surface area contributed by atoms with E-state index in [4.69, 9.17) is 10.2 Å². The molecule has 2 unspecified atom stereocenters. The number of carboxylic acid groups (broad SMARTS) is 2. The van der Waals surface area contributed by atoms with Gasteiger partial charge in [-0.3, -0.25) is 0 Å². The van der Waals surface area contributed by atoms with Gasteiger partial charge < -0.3 is 26.0 Å². The third-order valence-corrected chi connectivity index (χ3v) is 2.83. The molecule has 0 bridgehead atoms. The third kappa shape index (κ3) is 6.95. The Hall–Kier alpha value is -1.50. The van der Waals surface area contributed by atoms with Crippen LogP contribution in [0.25, 0.3) is 0 Å². The molecule has 0 aromatic heterocycles. The average molecular weight is 262 g/mol. The maximum absolute atomic E-state index is 10.5. The van der Waals surface area contributed by atoms with Crippen LogP contribution in [0.2, 0.25) is 0 Å². The average Bonchev–Trinajstić information content (AvgIpc) is 2.22. The summed E-state index contributed by atoms with van der Waals surface area (Å²) in [4.78, 5) is 21.0. The van der Waals surface area contributed by atoms with Crippen molar-refractivity contribution in [2.75, 3.05) is 13.2 Å². The van der Waals surface area contributed by atoms with E-state index in [0.717, 1.165) is 0 Å². The van der Waals surface area contributed by atoms with E-state index in [-0.39, 0.29) is 24.5 Å². The number of nitrogens with one attached hydrogen (secondary N) is 2. The lowest BCUT2D eigenvalue weighted by atomic mass is 9.80. The number of aliphatic hydroxyl groups excluding tert-OH is 1. The minimum absolute atomic E-state index is 0.155. The monoisotopic (exact) mass is 262 g/mol. The maximum atomic E-state index is 10.5. The van der Waals surface area contributed by atoms with Crippen LogP contribution < -0.4 is 10.6 Å². The van der Waals surface area contributed by atoms with Crippen molar-refractivity contribution in [3.63, 3.8) is 0 Å². The Kier molecular flexibility index (Phi) is 6.46. The van der Waals surface area contributed by atoms with Crippen LogP contribution in [0.1, 0.15) is 27.2 Å². The predicted octanol–water partition coefficient (Wildman–Crippen LogP) is 0.935. The van der Waals surface area contributed by atoms with Crippen LogP contribution >= 0.6 is 0 Å². The Labute approximate surface area is 106 Å². The van der Waals surface area contributed by atoms with Crippen LogP contribution in [-0.4, -0.2) is 46.7 Å². The number of rotatable bonds is 7. The molecule has 18 heavy (non-hydrogen) atoms. The lowest BCUT2D eigenvalue weighted by molar-refractivity contribution is 0.132. The smallest absolute Gasteiger partial charge is 0.404 e. The second-order valence-corrected chi connectivity index (χ2v) is 5.21. The molecule has 0 rings (SSSR count). The molecule has 0 radical (unpaired) electrons. The van der Waals surface area contributed by atoms with Gasteiger partial charge in [0.25, 0.3) is 0 Å². The summed E-state index contributed by atoms with van der Waals surface area (Å²) < 4.78 is 0. The van der Waals surface area contributed by atoms with Gasteiger partial charge in [0.05, 0.1) is 0 Å². The second-order valence-electron chi connectivity index (χ2n) is 5.21. The van der Waals surface area contributed by atoms with Gasteiger partial charge in [-0.2, -0.15) is 0 Å². The molecule has 106 valence electrons. The summed E-state index contributed by atoms with van der Waals surface area (Å²) in [5.41, 5.74) is -0.361. The van der Waals surface area contributed by atoms with Crippen LogP contribution in [-0.2, 0) is 0 Å². The summed E-state index contributed by atoms with van der Waals surface area (Å²) >= 11 is 0. The van der Waals surface area contributed by atoms with E-state index in [1.165, 1.54) is 0 Å². The van der Waals surface area contributed by atoms with Gasteiger partial charge in [-0.15, -0.1) is 0 Å². The molecule has 0 fully saturated rings. The van der Waals surface area contributed by atoms with Gasteiger partial charge in [-0.25, -0.2) is 9.59 Å². The van der Waals surface area contributed by atoms with Crippen LogP contribution in [0, 0.1) is 11.3 Å². The standard InChI is InChI=1S/C11H22N2O5/c1-7(13-10(17)18)8(5-14)4-11(2,3)6-12-9(15)16/h7-8,12-14H,4-6H2,1-3H3,(H,15,16)(H,17,18). The number of amides is 2. The highest BCUT2D eigenvalue weighted by Crippen LogP contribution is 2.26. The summed E-state index contributed by atoms with van der Waals surface area (Å²) in [7, 11) is 0. The Morgan fingerprint density at radius 1 is 1.22 bits per heavy atom. The molecule has 2 atom stereocenters. The highest BCUT2D eigenvalue weighted by molar-refractivity contribution is 5.65. The van der Waals surface area contributed by atoms with Crippen molar-refractivity contribution >= 4 is 12.2 Å². The summed E-state index contributed by atoms with van der Waals surface area (Å²) in [6, 6.07) is -0.392. The highest BCUT2D eigenvalue weighted by Gasteiger charge is 2.27. The molecule has 7 heteroatoms. The normalized spacial score (nSPS) is 14.7. The predicted molar refractivity (Wildman–Crippen MR) is 65.6 cm³/mol. The molecule has 0 aliphatic rings. The molecule has 5 N–H and O–H groups in total. The topological polar surface area (TPSA) is 119 Å². The minimum Gasteiger partial charge on any atom is -0.465 e. The molecule has 0 aliphatic carbocycles. The lowest BCUT2D eigenvalue weighted by Gasteiger charge is -2.31. The molecule has 2 amide bonds. The zero-order chi connectivity index (χ0) is 14.3. The number of carbonyl (C=O) groups is 2. The molecular formula is C11H22N2O5. The first kappa shape index (κ1) is 16.5. The van der Waals surface area contributed by atoms with Crippen molar-refractivity contribution in [1.29, 1.82) is 0 Å². The number of aliphatic hydroxyl groups is 1. The largest absolute Gasteiger partial charge is 0.465 e. The van der Waals surface area contributed by atoms with E-state index < -0.39 is 18.2 Å². The fourth-order valence-corrected chi connectivity index (χ4v) is 1.81. The molecule has 0 saturated carbocycles. The Morgan fingerprint density at radius 2 is 1.78 bits per heavy atom. The first-order valence-electron chi connectivity index (χ1n) is 5.75. The van der Waals surface area contributed by atoms with Gasteiger partial charge in [0, 0.05) is 25.1 Å². The van der Waals surface area contributed by atoms with Gasteiger partial charge in [0.1, 0.15) is 0 Å². The third-order valence-electron chi connectivity index (χ3n) is 2.83. The Balaban J connectivity index is 4.40. The van der Waals surface area contributed by atoms with Crippen LogP contribution in [0.5, 0.6) is 0 Å². The van der Waals surface area contributed by atoms with Gasteiger partial charge >= 0.3 is 12.2 Å². The van der Waals surface area contributed by atoms with Gasteiger partial charge in [-0.1, -0.05) is 13.8 Å². The maximum Gasteiger partial charge on any atom is 0.404 e. The Bertz CT molecular complexity index is 293. The lowest BCUT2D eigenvalue weighted by Crippen LogP contribution is -2.42. The molecule has 0 aliphatic heterocycles. The van der Waals surface area contributed by atoms with E-state index in [0.29, 0.717) is 6.42 Å². The molecule has 0 spiro atoms. The second kappa shape index (κ2) is 7.05. The van der Waals surface area contributed by atoms with Crippen molar-refractivity contribution in [2.45, 2.75) is 33.2 Å². The Morgan fingerprint density at radius 3 is 2.17 bits per heavy atom. The van der Waals surface area contributed by atoms with E-state index in [1.807, 2.05) is 13.8 Å². The molecule has 0 heterocycles. The van der Waals surface area contributed by atoms with E-state index in [1.54, 1.807) is 6.92 Å². The zero-order valence-corrected chi connectivity index (χ0v) is 10.9. The summed E-state index contributed by atoms with van der Waals surface area (Å²) in [6.45, 7) is 5.49. The van der Waals surface area contributed by atoms with Crippen molar-refractivity contribution in [2.24, 2.45) is 11.3 Å². The molecular weight excluding hydrogens is 240 g/mol. The fourth-order valence-electron chi connectivity index (χ4n) is 1.81. The van der Waals surface area contributed by atoms with Crippen molar-refractivity contribution in [1.82, 2.24) is 10.6 Å². The number of hydrogen-bond donors (Lipinski definition) is 5. The summed E-state index contributed by atoms with van der Waals surface area (Å²) in [6.07, 6.45) is -1.73. The first-order valence-corrected chi connectivity index (χ1v) is 5.75. The van der Waals surface area contributed by atoms with Gasteiger partial charge in [0.2, 0.25) is 0 Å². The quantitative estimate of drug-likeness (QED) is 0.467. The number of hydrogen-bond acceptors (Lipinski definition) is 3. The molecule has 7 nitrogen and oxygen atoms in total. The van der Waals surface area contributed by atoms with Crippen molar-refractivity contribution in [3.05, 3.63) is 0 Å². The molecule has 0 aromatic rings. The minimum atomic E-state index is -1.14. The van der Waals surface area contributed by atoms with Crippen molar-refractivity contribution in [3.8, 4) is 0 Å². The van der Waals surface area contributed by atoms with E-state index in [2.05, 4.69) is 10.6 Å². The van der Waals surface area contributed by atoms with Gasteiger partial charge in [-0.05, 0) is 18.8 Å². The van der Waals surface area contributed by atoms with Crippen molar-refractivity contribution < 1.29 is 24.9 Å². The van der Waals surface area contributed by atoms with Crippen LogP contribution in [0.15, 0.2) is 0 Å². The zero-order valence-electron chi connectivity index (χ0n) is 10.9. The SMILES string of the molecule is CC(NC(=O)O)C(CO)CC(C)(C)CNC(=O)O. The van der Waals surface area contributed by atoms with Gasteiger partial charge in [0.15, 0.2) is 0 Å².